The Labute approximate surface area is 90.8 Å². The van der Waals surface area contributed by atoms with Crippen LogP contribution in [0, 0.1) is 0 Å². The molecule has 0 atom stereocenters. The summed E-state index contributed by atoms with van der Waals surface area (Å²) in [5, 5.41) is 4.07. The lowest BCUT2D eigenvalue weighted by Crippen LogP contribution is -2.06. The molecule has 3 nitrogen and oxygen atoms in total. The van der Waals surface area contributed by atoms with Crippen molar-refractivity contribution in [3.8, 4) is 0 Å². The van der Waals surface area contributed by atoms with Crippen molar-refractivity contribution in [2.24, 2.45) is 7.05 Å². The first-order chi connectivity index (χ1) is 7.19. The van der Waals surface area contributed by atoms with Crippen LogP contribution < -0.4 is 0 Å². The summed E-state index contributed by atoms with van der Waals surface area (Å²) in [6.07, 6.45) is 5.84. The summed E-state index contributed by atoms with van der Waals surface area (Å²) >= 11 is 0. The van der Waals surface area contributed by atoms with Crippen LogP contribution in [0.4, 0.5) is 0 Å². The zero-order valence-electron chi connectivity index (χ0n) is 9.66. The molecule has 0 saturated heterocycles. The minimum atomic E-state index is 0.251. The standard InChI is InChI=1S/C12H18N2O/c1-4-10(5-2)12(15)7-6-11-8-9-13-14(11)3/h4,8-9H,5-7H2,1-3H3. The van der Waals surface area contributed by atoms with Gasteiger partial charge in [-0.2, -0.15) is 5.10 Å². The third-order valence-electron chi connectivity index (χ3n) is 2.62. The third-order valence-corrected chi connectivity index (χ3v) is 2.62. The highest BCUT2D eigenvalue weighted by atomic mass is 16.1. The van der Waals surface area contributed by atoms with Gasteiger partial charge in [0.25, 0.3) is 0 Å². The number of hydrogen-bond acceptors (Lipinski definition) is 2. The van der Waals surface area contributed by atoms with Gasteiger partial charge >= 0.3 is 0 Å². The average Bonchev–Trinajstić information content (AvgIpc) is 2.63. The SMILES string of the molecule is CC=C(CC)C(=O)CCc1ccnn1C. The van der Waals surface area contributed by atoms with Gasteiger partial charge in [0.2, 0.25) is 0 Å². The molecule has 1 aromatic heterocycles. The maximum Gasteiger partial charge on any atom is 0.158 e. The predicted molar refractivity (Wildman–Crippen MR) is 60.6 cm³/mol. The molecule has 0 fully saturated rings. The van der Waals surface area contributed by atoms with E-state index in [2.05, 4.69) is 5.10 Å². The topological polar surface area (TPSA) is 34.9 Å². The number of carbonyl (C=O) groups excluding carboxylic acids is 1. The molecule has 1 aromatic rings. The Bertz CT molecular complexity index is 363. The lowest BCUT2D eigenvalue weighted by atomic mass is 10.0. The van der Waals surface area contributed by atoms with Crippen LogP contribution in [-0.2, 0) is 18.3 Å². The molecule has 0 radical (unpaired) electrons. The summed E-state index contributed by atoms with van der Waals surface area (Å²) in [5.74, 6) is 0.251. The average molecular weight is 206 g/mol. The zero-order valence-corrected chi connectivity index (χ0v) is 9.66. The second-order valence-electron chi connectivity index (χ2n) is 3.54. The molecule has 0 N–H and O–H groups in total. The first kappa shape index (κ1) is 11.7. The smallest absolute Gasteiger partial charge is 0.158 e. The first-order valence-electron chi connectivity index (χ1n) is 5.34. The third kappa shape index (κ3) is 3.05. The number of ketones is 1. The summed E-state index contributed by atoms with van der Waals surface area (Å²) in [5.41, 5.74) is 2.03. The Morgan fingerprint density at radius 1 is 1.60 bits per heavy atom. The van der Waals surface area contributed by atoms with Gasteiger partial charge in [-0.05, 0) is 31.4 Å². The molecule has 1 rings (SSSR count). The van der Waals surface area contributed by atoms with E-state index in [0.717, 1.165) is 24.1 Å². The molecule has 0 aliphatic heterocycles. The maximum absolute atomic E-state index is 11.7. The molecule has 0 aromatic carbocycles. The largest absolute Gasteiger partial charge is 0.295 e. The Hall–Kier alpha value is -1.38. The Kier molecular flexibility index (Phi) is 4.28. The fourth-order valence-corrected chi connectivity index (χ4v) is 1.61. The number of carbonyl (C=O) groups is 1. The molecular formula is C12H18N2O. The molecule has 0 spiro atoms. The van der Waals surface area contributed by atoms with Crippen LogP contribution in [0.1, 0.15) is 32.4 Å². The van der Waals surface area contributed by atoms with E-state index in [9.17, 15) is 4.79 Å². The quantitative estimate of drug-likeness (QED) is 0.693. The Balaban J connectivity index is 2.51. The van der Waals surface area contributed by atoms with Crippen molar-refractivity contribution in [3.63, 3.8) is 0 Å². The summed E-state index contributed by atoms with van der Waals surface area (Å²) in [7, 11) is 1.90. The van der Waals surface area contributed by atoms with E-state index in [0.29, 0.717) is 6.42 Å². The molecule has 0 saturated carbocycles. The van der Waals surface area contributed by atoms with Crippen molar-refractivity contribution in [2.45, 2.75) is 33.1 Å². The van der Waals surface area contributed by atoms with Gasteiger partial charge in [0.05, 0.1) is 0 Å². The van der Waals surface area contributed by atoms with Gasteiger partial charge < -0.3 is 0 Å². The minimum absolute atomic E-state index is 0.251. The van der Waals surface area contributed by atoms with E-state index in [4.69, 9.17) is 0 Å². The zero-order chi connectivity index (χ0) is 11.3. The fourth-order valence-electron chi connectivity index (χ4n) is 1.61. The van der Waals surface area contributed by atoms with Gasteiger partial charge in [-0.15, -0.1) is 0 Å². The van der Waals surface area contributed by atoms with Gasteiger partial charge in [0, 0.05) is 25.4 Å². The summed E-state index contributed by atoms with van der Waals surface area (Å²) in [6, 6.07) is 1.95. The van der Waals surface area contributed by atoms with E-state index < -0.39 is 0 Å². The monoisotopic (exact) mass is 206 g/mol. The lowest BCUT2D eigenvalue weighted by molar-refractivity contribution is -0.115. The number of nitrogens with zero attached hydrogens (tertiary/aromatic N) is 2. The van der Waals surface area contributed by atoms with Crippen molar-refractivity contribution in [1.82, 2.24) is 9.78 Å². The molecule has 0 aliphatic rings. The van der Waals surface area contributed by atoms with Gasteiger partial charge in [-0.1, -0.05) is 13.0 Å². The summed E-state index contributed by atoms with van der Waals surface area (Å²) in [4.78, 5) is 11.7. The van der Waals surface area contributed by atoms with Crippen LogP contribution in [0.25, 0.3) is 0 Å². The maximum atomic E-state index is 11.7. The van der Waals surface area contributed by atoms with Crippen molar-refractivity contribution in [1.29, 1.82) is 0 Å². The molecule has 1 heterocycles. The fraction of sp³-hybridized carbons (Fsp3) is 0.500. The Morgan fingerprint density at radius 2 is 2.33 bits per heavy atom. The molecule has 82 valence electrons. The van der Waals surface area contributed by atoms with E-state index >= 15 is 0 Å². The van der Waals surface area contributed by atoms with E-state index in [1.54, 1.807) is 6.20 Å². The molecule has 0 aliphatic carbocycles. The van der Waals surface area contributed by atoms with Crippen LogP contribution in [0.15, 0.2) is 23.9 Å². The number of Topliss-reactive ketones (excluding diaryl/α,β-unsaturated/α-hetero) is 1. The second kappa shape index (κ2) is 5.49. The number of aromatic nitrogens is 2. The van der Waals surface area contributed by atoms with Crippen LogP contribution in [-0.4, -0.2) is 15.6 Å². The predicted octanol–water partition coefficient (Wildman–Crippen LogP) is 2.28. The van der Waals surface area contributed by atoms with Gasteiger partial charge in [0.1, 0.15) is 0 Å². The van der Waals surface area contributed by atoms with Crippen molar-refractivity contribution in [2.75, 3.05) is 0 Å². The lowest BCUT2D eigenvalue weighted by Gasteiger charge is -2.03. The molecule has 0 bridgehead atoms. The van der Waals surface area contributed by atoms with Crippen LogP contribution >= 0.6 is 0 Å². The molecular weight excluding hydrogens is 188 g/mol. The second-order valence-corrected chi connectivity index (χ2v) is 3.54. The summed E-state index contributed by atoms with van der Waals surface area (Å²) in [6.45, 7) is 3.93. The van der Waals surface area contributed by atoms with E-state index in [1.807, 2.05) is 37.7 Å². The normalized spacial score (nSPS) is 11.8. The van der Waals surface area contributed by atoms with Gasteiger partial charge in [-0.3, -0.25) is 9.48 Å². The van der Waals surface area contributed by atoms with Crippen LogP contribution in [0.3, 0.4) is 0 Å². The van der Waals surface area contributed by atoms with Crippen molar-refractivity contribution >= 4 is 5.78 Å². The summed E-state index contributed by atoms with van der Waals surface area (Å²) < 4.78 is 1.81. The molecule has 0 amide bonds. The highest BCUT2D eigenvalue weighted by Gasteiger charge is 2.07. The first-order valence-corrected chi connectivity index (χ1v) is 5.34. The molecule has 3 heteroatoms. The number of allylic oxidation sites excluding steroid dienone is 2. The Morgan fingerprint density at radius 3 is 2.80 bits per heavy atom. The number of rotatable bonds is 5. The van der Waals surface area contributed by atoms with Gasteiger partial charge in [0.15, 0.2) is 5.78 Å². The van der Waals surface area contributed by atoms with Crippen molar-refractivity contribution < 1.29 is 4.79 Å². The van der Waals surface area contributed by atoms with E-state index in [1.165, 1.54) is 0 Å². The van der Waals surface area contributed by atoms with Gasteiger partial charge in [-0.25, -0.2) is 0 Å². The highest BCUT2D eigenvalue weighted by Crippen LogP contribution is 2.08. The number of aryl methyl sites for hydroxylation is 2. The van der Waals surface area contributed by atoms with E-state index in [-0.39, 0.29) is 5.78 Å². The van der Waals surface area contributed by atoms with Crippen molar-refractivity contribution in [3.05, 3.63) is 29.6 Å². The van der Waals surface area contributed by atoms with Crippen LogP contribution in [0.2, 0.25) is 0 Å². The highest BCUT2D eigenvalue weighted by molar-refractivity contribution is 5.95. The molecule has 15 heavy (non-hydrogen) atoms. The van der Waals surface area contributed by atoms with Crippen LogP contribution in [0.5, 0.6) is 0 Å². The number of hydrogen-bond donors (Lipinski definition) is 0. The molecule has 0 unspecified atom stereocenters. The minimum Gasteiger partial charge on any atom is -0.295 e.